The van der Waals surface area contributed by atoms with Crippen LogP contribution in [0.15, 0.2) is 64.1 Å². The van der Waals surface area contributed by atoms with Gasteiger partial charge in [-0.05, 0) is 53.0 Å². The van der Waals surface area contributed by atoms with Crippen LogP contribution in [0.5, 0.6) is 0 Å². The molecule has 0 amide bonds. The standard InChI is InChI=1S/C22H26BrN5O3S/c1-3-17(14-29)26-21-20(23)13-24-22(28-21)27-18-5-4-6-19(11-18)32(30,31)25-12-16-9-7-15(2)8-10-16/h4-11,13,17,25,29H,3,12,14H2,1-2H3,(H2,24,26,27,28)/t17-/m1/s1. The lowest BCUT2D eigenvalue weighted by molar-refractivity contribution is 0.271. The summed E-state index contributed by atoms with van der Waals surface area (Å²) < 4.78 is 28.8. The zero-order valence-electron chi connectivity index (χ0n) is 17.8. The molecule has 0 bridgehead atoms. The molecule has 0 saturated carbocycles. The van der Waals surface area contributed by atoms with Gasteiger partial charge in [0, 0.05) is 18.4 Å². The zero-order chi connectivity index (χ0) is 23.1. The van der Waals surface area contributed by atoms with Crippen LogP contribution in [0.2, 0.25) is 0 Å². The second-order valence-corrected chi connectivity index (χ2v) is 9.91. The maximum Gasteiger partial charge on any atom is 0.240 e. The minimum absolute atomic E-state index is 0.0226. The Hall–Kier alpha value is -2.53. The number of aryl methyl sites for hydroxylation is 1. The number of hydrogen-bond acceptors (Lipinski definition) is 7. The van der Waals surface area contributed by atoms with E-state index in [0.29, 0.717) is 21.9 Å². The largest absolute Gasteiger partial charge is 0.394 e. The molecule has 1 atom stereocenters. The summed E-state index contributed by atoms with van der Waals surface area (Å²) in [4.78, 5) is 8.79. The molecule has 0 aliphatic carbocycles. The van der Waals surface area contributed by atoms with Gasteiger partial charge in [0.25, 0.3) is 0 Å². The lowest BCUT2D eigenvalue weighted by Crippen LogP contribution is -2.23. The zero-order valence-corrected chi connectivity index (χ0v) is 20.2. The van der Waals surface area contributed by atoms with Crippen molar-refractivity contribution < 1.29 is 13.5 Å². The van der Waals surface area contributed by atoms with Crippen LogP contribution in [-0.2, 0) is 16.6 Å². The molecule has 8 nitrogen and oxygen atoms in total. The van der Waals surface area contributed by atoms with Gasteiger partial charge in [-0.25, -0.2) is 18.1 Å². The average Bonchev–Trinajstić information content (AvgIpc) is 2.79. The Morgan fingerprint density at radius 2 is 1.91 bits per heavy atom. The summed E-state index contributed by atoms with van der Waals surface area (Å²) in [7, 11) is -3.70. The van der Waals surface area contributed by atoms with Crippen LogP contribution in [0.4, 0.5) is 17.5 Å². The fourth-order valence-corrected chi connectivity index (χ4v) is 4.21. The smallest absolute Gasteiger partial charge is 0.240 e. The van der Waals surface area contributed by atoms with Crippen molar-refractivity contribution >= 4 is 43.4 Å². The number of halogens is 1. The molecule has 0 radical (unpaired) electrons. The highest BCUT2D eigenvalue weighted by atomic mass is 79.9. The first-order valence-corrected chi connectivity index (χ1v) is 12.4. The molecule has 1 aromatic heterocycles. The first-order chi connectivity index (χ1) is 15.3. The molecule has 3 rings (SSSR count). The third-order valence-electron chi connectivity index (χ3n) is 4.79. The highest BCUT2D eigenvalue weighted by Crippen LogP contribution is 2.24. The number of anilines is 3. The Bertz CT molecular complexity index is 1150. The molecular weight excluding hydrogens is 494 g/mol. The number of benzene rings is 2. The molecule has 0 spiro atoms. The molecule has 0 aliphatic rings. The summed E-state index contributed by atoms with van der Waals surface area (Å²) in [5.41, 5.74) is 2.53. The molecule has 32 heavy (non-hydrogen) atoms. The van der Waals surface area contributed by atoms with Gasteiger partial charge in [-0.3, -0.25) is 0 Å². The lowest BCUT2D eigenvalue weighted by atomic mass is 10.2. The number of nitrogens with one attached hydrogen (secondary N) is 3. The van der Waals surface area contributed by atoms with Gasteiger partial charge in [-0.1, -0.05) is 42.8 Å². The Morgan fingerprint density at radius 3 is 2.59 bits per heavy atom. The molecule has 1 heterocycles. The Balaban J connectivity index is 1.73. The summed E-state index contributed by atoms with van der Waals surface area (Å²) in [6, 6.07) is 14.0. The van der Waals surface area contributed by atoms with Crippen molar-refractivity contribution in [2.75, 3.05) is 17.2 Å². The van der Waals surface area contributed by atoms with Crippen molar-refractivity contribution in [1.82, 2.24) is 14.7 Å². The van der Waals surface area contributed by atoms with Gasteiger partial charge in [0.05, 0.1) is 22.0 Å². The number of aliphatic hydroxyl groups is 1. The molecule has 4 N–H and O–H groups in total. The van der Waals surface area contributed by atoms with Gasteiger partial charge in [0.15, 0.2) is 0 Å². The monoisotopic (exact) mass is 519 g/mol. The highest BCUT2D eigenvalue weighted by Gasteiger charge is 2.15. The first kappa shape index (κ1) is 24.1. The molecule has 170 valence electrons. The lowest BCUT2D eigenvalue weighted by Gasteiger charge is -2.16. The van der Waals surface area contributed by atoms with E-state index < -0.39 is 10.0 Å². The second kappa shape index (κ2) is 10.9. The number of sulfonamides is 1. The highest BCUT2D eigenvalue weighted by molar-refractivity contribution is 9.10. The topological polar surface area (TPSA) is 116 Å². The van der Waals surface area contributed by atoms with Crippen LogP contribution in [0.25, 0.3) is 0 Å². The fourth-order valence-electron chi connectivity index (χ4n) is 2.84. The van der Waals surface area contributed by atoms with Crippen molar-refractivity contribution in [2.24, 2.45) is 0 Å². The van der Waals surface area contributed by atoms with Crippen molar-refractivity contribution in [3.63, 3.8) is 0 Å². The van der Waals surface area contributed by atoms with Crippen LogP contribution in [0.3, 0.4) is 0 Å². The summed E-state index contributed by atoms with van der Waals surface area (Å²) in [6.07, 6.45) is 2.32. The van der Waals surface area contributed by atoms with Gasteiger partial charge in [-0.15, -0.1) is 0 Å². The van der Waals surface area contributed by atoms with Gasteiger partial charge in [-0.2, -0.15) is 4.98 Å². The van der Waals surface area contributed by atoms with E-state index in [4.69, 9.17) is 0 Å². The van der Waals surface area contributed by atoms with Gasteiger partial charge >= 0.3 is 0 Å². The van der Waals surface area contributed by atoms with Crippen molar-refractivity contribution in [3.05, 3.63) is 70.3 Å². The summed E-state index contributed by atoms with van der Waals surface area (Å²) in [5, 5.41) is 15.6. The average molecular weight is 520 g/mol. The third-order valence-corrected chi connectivity index (χ3v) is 6.76. The number of aliphatic hydroxyl groups excluding tert-OH is 1. The summed E-state index contributed by atoms with van der Waals surface area (Å²) in [6.45, 7) is 4.12. The Labute approximate surface area is 196 Å². The predicted octanol–water partition coefficient (Wildman–Crippen LogP) is 3.95. The summed E-state index contributed by atoms with van der Waals surface area (Å²) in [5.74, 6) is 0.831. The van der Waals surface area contributed by atoms with Gasteiger partial charge in [0.1, 0.15) is 5.82 Å². The van der Waals surface area contributed by atoms with E-state index >= 15 is 0 Å². The molecule has 0 saturated heterocycles. The number of rotatable bonds is 10. The molecule has 3 aromatic rings. The predicted molar refractivity (Wildman–Crippen MR) is 129 cm³/mol. The van der Waals surface area contributed by atoms with Crippen LogP contribution < -0.4 is 15.4 Å². The van der Waals surface area contributed by atoms with Crippen molar-refractivity contribution in [1.29, 1.82) is 0 Å². The van der Waals surface area contributed by atoms with Crippen molar-refractivity contribution in [3.8, 4) is 0 Å². The van der Waals surface area contributed by atoms with Crippen LogP contribution in [-0.4, -0.2) is 36.1 Å². The first-order valence-electron chi connectivity index (χ1n) is 10.1. The van der Waals surface area contributed by atoms with E-state index in [1.54, 1.807) is 18.3 Å². The van der Waals surface area contributed by atoms with E-state index in [0.717, 1.165) is 17.5 Å². The van der Waals surface area contributed by atoms with Crippen molar-refractivity contribution in [2.45, 2.75) is 37.8 Å². The SMILES string of the molecule is CC[C@H](CO)Nc1nc(Nc2cccc(S(=O)(=O)NCc3ccc(C)cc3)c2)ncc1Br. The third kappa shape index (κ3) is 6.49. The molecular formula is C22H26BrN5O3S. The van der Waals surface area contributed by atoms with Gasteiger partial charge in [0.2, 0.25) is 16.0 Å². The summed E-state index contributed by atoms with van der Waals surface area (Å²) >= 11 is 3.40. The van der Waals surface area contributed by atoms with Crippen LogP contribution >= 0.6 is 15.9 Å². The number of nitrogens with zero attached hydrogens (tertiary/aromatic N) is 2. The molecule has 2 aromatic carbocycles. The molecule has 0 aliphatic heterocycles. The van der Waals surface area contributed by atoms with E-state index in [-0.39, 0.29) is 24.1 Å². The van der Waals surface area contributed by atoms with E-state index in [1.807, 2.05) is 38.1 Å². The Kier molecular flexibility index (Phi) is 8.19. The Morgan fingerprint density at radius 1 is 1.16 bits per heavy atom. The molecule has 0 unspecified atom stereocenters. The van der Waals surface area contributed by atoms with Crippen LogP contribution in [0.1, 0.15) is 24.5 Å². The molecule has 10 heteroatoms. The maximum atomic E-state index is 12.8. The number of hydrogen-bond donors (Lipinski definition) is 4. The van der Waals surface area contributed by atoms with Crippen LogP contribution in [0, 0.1) is 6.92 Å². The van der Waals surface area contributed by atoms with E-state index in [1.165, 1.54) is 12.1 Å². The van der Waals surface area contributed by atoms with E-state index in [2.05, 4.69) is 41.3 Å². The second-order valence-electron chi connectivity index (χ2n) is 7.29. The number of aromatic nitrogens is 2. The fraction of sp³-hybridized carbons (Fsp3) is 0.273. The molecule has 0 fully saturated rings. The van der Waals surface area contributed by atoms with E-state index in [9.17, 15) is 13.5 Å². The quantitative estimate of drug-likeness (QED) is 0.320. The normalized spacial score (nSPS) is 12.4. The minimum atomic E-state index is -3.70. The minimum Gasteiger partial charge on any atom is -0.394 e. The van der Waals surface area contributed by atoms with Gasteiger partial charge < -0.3 is 15.7 Å². The maximum absolute atomic E-state index is 12.8.